The number of hydrogen-bond donors (Lipinski definition) is 1. The molecule has 0 bridgehead atoms. The molecular formula is C13H18N4O2. The number of aromatic nitrogens is 2. The monoisotopic (exact) mass is 262 g/mol. The van der Waals surface area contributed by atoms with Gasteiger partial charge in [0.25, 0.3) is 11.6 Å². The molecule has 2 rings (SSSR count). The molecule has 2 heterocycles. The van der Waals surface area contributed by atoms with Crippen LogP contribution in [0.25, 0.3) is 11.1 Å². The molecule has 0 saturated heterocycles. The van der Waals surface area contributed by atoms with Crippen LogP contribution in [0.15, 0.2) is 10.6 Å². The molecule has 0 atom stereocenters. The van der Waals surface area contributed by atoms with Crippen molar-refractivity contribution in [3.05, 3.63) is 23.0 Å². The number of nitrogens with one attached hydrogen (secondary N) is 1. The number of rotatable bonds is 4. The van der Waals surface area contributed by atoms with E-state index in [1.165, 1.54) is 0 Å². The third-order valence-electron chi connectivity index (χ3n) is 3.02. The fourth-order valence-electron chi connectivity index (χ4n) is 1.97. The quantitative estimate of drug-likeness (QED) is 0.894. The first-order valence-electron chi connectivity index (χ1n) is 6.18. The minimum Gasteiger partial charge on any atom is -0.340 e. The van der Waals surface area contributed by atoms with Gasteiger partial charge in [0.15, 0.2) is 0 Å². The fourth-order valence-corrected chi connectivity index (χ4v) is 1.97. The third-order valence-corrected chi connectivity index (χ3v) is 3.02. The zero-order chi connectivity index (χ0) is 14.0. The van der Waals surface area contributed by atoms with E-state index in [0.717, 1.165) is 12.2 Å². The minimum atomic E-state index is -0.0444. The van der Waals surface area contributed by atoms with Crippen molar-refractivity contribution in [3.63, 3.8) is 0 Å². The van der Waals surface area contributed by atoms with Gasteiger partial charge in [-0.25, -0.2) is 4.98 Å². The summed E-state index contributed by atoms with van der Waals surface area (Å²) >= 11 is 0. The molecule has 0 unspecified atom stereocenters. The van der Waals surface area contributed by atoms with Crippen LogP contribution in [0.3, 0.4) is 0 Å². The first kappa shape index (κ1) is 13.5. The van der Waals surface area contributed by atoms with E-state index in [0.29, 0.717) is 28.9 Å². The number of nitrogens with zero attached hydrogens (tertiary/aromatic N) is 3. The molecule has 0 aliphatic rings. The Morgan fingerprint density at radius 1 is 1.47 bits per heavy atom. The number of pyridine rings is 1. The van der Waals surface area contributed by atoms with E-state index in [1.807, 2.05) is 20.9 Å². The Morgan fingerprint density at radius 2 is 2.21 bits per heavy atom. The van der Waals surface area contributed by atoms with Crippen LogP contribution in [0.4, 0.5) is 0 Å². The van der Waals surface area contributed by atoms with E-state index in [4.69, 9.17) is 4.52 Å². The largest absolute Gasteiger partial charge is 0.340 e. The number of likely N-dealkylation sites (N-methyl/N-ethyl adjacent to an activating group) is 2. The predicted molar refractivity (Wildman–Crippen MR) is 72.2 cm³/mol. The van der Waals surface area contributed by atoms with Crippen molar-refractivity contribution in [3.8, 4) is 0 Å². The second kappa shape index (κ2) is 5.36. The lowest BCUT2D eigenvalue weighted by Gasteiger charge is -2.17. The first-order chi connectivity index (χ1) is 9.04. The Labute approximate surface area is 111 Å². The number of carbonyl (C=O) groups excluding carboxylic acids is 1. The highest BCUT2D eigenvalue weighted by Gasteiger charge is 2.20. The highest BCUT2D eigenvalue weighted by Crippen LogP contribution is 2.22. The summed E-state index contributed by atoms with van der Waals surface area (Å²) in [7, 11) is 3.64. The van der Waals surface area contributed by atoms with Gasteiger partial charge in [0.05, 0.1) is 16.6 Å². The van der Waals surface area contributed by atoms with E-state index >= 15 is 0 Å². The summed E-state index contributed by atoms with van der Waals surface area (Å²) in [6.07, 6.45) is 0. The zero-order valence-electron chi connectivity index (χ0n) is 11.6. The lowest BCUT2D eigenvalue weighted by molar-refractivity contribution is 0.0798. The van der Waals surface area contributed by atoms with Crippen molar-refractivity contribution in [2.45, 2.75) is 13.8 Å². The van der Waals surface area contributed by atoms with Gasteiger partial charge in [0.2, 0.25) is 0 Å². The van der Waals surface area contributed by atoms with Crippen LogP contribution in [0.5, 0.6) is 0 Å². The van der Waals surface area contributed by atoms with Crippen molar-refractivity contribution in [2.24, 2.45) is 0 Å². The molecule has 1 N–H and O–H groups in total. The van der Waals surface area contributed by atoms with E-state index < -0.39 is 0 Å². The lowest BCUT2D eigenvalue weighted by Crippen LogP contribution is -2.33. The molecule has 6 heteroatoms. The van der Waals surface area contributed by atoms with Gasteiger partial charge in [-0.2, -0.15) is 0 Å². The fraction of sp³-hybridized carbons (Fsp3) is 0.462. The van der Waals surface area contributed by atoms with Gasteiger partial charge in [0, 0.05) is 25.8 Å². The van der Waals surface area contributed by atoms with Crippen LogP contribution < -0.4 is 5.32 Å². The molecule has 0 fully saturated rings. The van der Waals surface area contributed by atoms with Crippen LogP contribution in [-0.2, 0) is 0 Å². The summed E-state index contributed by atoms with van der Waals surface area (Å²) in [4.78, 5) is 18.4. The Morgan fingerprint density at radius 3 is 2.89 bits per heavy atom. The van der Waals surface area contributed by atoms with Crippen LogP contribution in [0, 0.1) is 13.8 Å². The summed E-state index contributed by atoms with van der Waals surface area (Å²) in [5.41, 5.74) is 2.45. The molecule has 0 spiro atoms. The Balaban J connectivity index is 2.43. The van der Waals surface area contributed by atoms with Gasteiger partial charge in [-0.3, -0.25) is 4.79 Å². The smallest absolute Gasteiger partial charge is 0.258 e. The molecule has 6 nitrogen and oxygen atoms in total. The Bertz CT molecular complexity index is 606. The normalized spacial score (nSPS) is 10.9. The summed E-state index contributed by atoms with van der Waals surface area (Å²) in [6.45, 7) is 5.04. The molecule has 19 heavy (non-hydrogen) atoms. The topological polar surface area (TPSA) is 71.3 Å². The van der Waals surface area contributed by atoms with Crippen LogP contribution in [-0.4, -0.2) is 48.1 Å². The molecule has 102 valence electrons. The number of carbonyl (C=O) groups is 1. The summed E-state index contributed by atoms with van der Waals surface area (Å²) in [5, 5.41) is 7.60. The molecular weight excluding hydrogens is 244 g/mol. The third kappa shape index (κ3) is 2.58. The molecule has 2 aromatic rings. The number of hydrogen-bond acceptors (Lipinski definition) is 5. The average molecular weight is 262 g/mol. The van der Waals surface area contributed by atoms with Crippen molar-refractivity contribution in [2.75, 3.05) is 27.2 Å². The lowest BCUT2D eigenvalue weighted by atomic mass is 10.1. The van der Waals surface area contributed by atoms with Gasteiger partial charge < -0.3 is 14.7 Å². The summed E-state index contributed by atoms with van der Waals surface area (Å²) in [5.74, 6) is -0.0444. The summed E-state index contributed by atoms with van der Waals surface area (Å²) < 4.78 is 5.14. The molecule has 0 aromatic carbocycles. The zero-order valence-corrected chi connectivity index (χ0v) is 11.6. The molecule has 0 radical (unpaired) electrons. The highest BCUT2D eigenvalue weighted by atomic mass is 16.5. The van der Waals surface area contributed by atoms with Gasteiger partial charge in [0.1, 0.15) is 0 Å². The molecule has 0 aliphatic heterocycles. The first-order valence-corrected chi connectivity index (χ1v) is 6.18. The SMILES string of the molecule is CNCCN(C)C(=O)c1cc(C)nc2onc(C)c12. The van der Waals surface area contributed by atoms with Crippen LogP contribution in [0.1, 0.15) is 21.7 Å². The van der Waals surface area contributed by atoms with E-state index in [2.05, 4.69) is 15.5 Å². The number of fused-ring (bicyclic) bond motifs is 1. The van der Waals surface area contributed by atoms with E-state index in [1.54, 1.807) is 18.0 Å². The predicted octanol–water partition coefficient (Wildman–Crippen LogP) is 1.13. The standard InChI is InChI=1S/C13H18N4O2/c1-8-7-10(13(18)17(4)6-5-14-3)11-9(2)16-19-12(11)15-8/h7,14H,5-6H2,1-4H3. The second-order valence-corrected chi connectivity index (χ2v) is 4.59. The molecule has 2 aromatic heterocycles. The van der Waals surface area contributed by atoms with Gasteiger partial charge in [-0.15, -0.1) is 0 Å². The Kier molecular flexibility index (Phi) is 3.80. The number of aryl methyl sites for hydroxylation is 2. The second-order valence-electron chi connectivity index (χ2n) is 4.59. The number of amides is 1. The van der Waals surface area contributed by atoms with Gasteiger partial charge >= 0.3 is 0 Å². The van der Waals surface area contributed by atoms with Crippen molar-refractivity contribution >= 4 is 17.0 Å². The average Bonchev–Trinajstić information content (AvgIpc) is 2.75. The van der Waals surface area contributed by atoms with E-state index in [9.17, 15) is 4.79 Å². The van der Waals surface area contributed by atoms with Crippen molar-refractivity contribution < 1.29 is 9.32 Å². The maximum atomic E-state index is 12.5. The molecule has 1 amide bonds. The molecule has 0 saturated carbocycles. The molecule has 0 aliphatic carbocycles. The van der Waals surface area contributed by atoms with Crippen molar-refractivity contribution in [1.82, 2.24) is 20.4 Å². The highest BCUT2D eigenvalue weighted by molar-refractivity contribution is 6.05. The Hall–Kier alpha value is -1.95. The van der Waals surface area contributed by atoms with E-state index in [-0.39, 0.29) is 5.91 Å². The summed E-state index contributed by atoms with van der Waals surface area (Å²) in [6, 6.07) is 1.78. The maximum absolute atomic E-state index is 12.5. The van der Waals surface area contributed by atoms with Gasteiger partial charge in [-0.05, 0) is 27.0 Å². The van der Waals surface area contributed by atoms with Crippen LogP contribution in [0.2, 0.25) is 0 Å². The maximum Gasteiger partial charge on any atom is 0.258 e. The van der Waals surface area contributed by atoms with Crippen molar-refractivity contribution in [1.29, 1.82) is 0 Å². The minimum absolute atomic E-state index is 0.0444. The van der Waals surface area contributed by atoms with Gasteiger partial charge in [-0.1, -0.05) is 5.16 Å². The van der Waals surface area contributed by atoms with Crippen LogP contribution >= 0.6 is 0 Å².